The van der Waals surface area contributed by atoms with Gasteiger partial charge in [-0.1, -0.05) is 64.1 Å². The number of aromatic amines is 2. The van der Waals surface area contributed by atoms with Crippen LogP contribution in [0, 0.1) is 0 Å². The number of halogens is 6. The molecule has 0 bridgehead atoms. The van der Waals surface area contributed by atoms with Crippen molar-refractivity contribution in [1.82, 2.24) is 30.4 Å². The Kier molecular flexibility index (Phi) is 16.5. The number of hydrogen-bond donors (Lipinski definition) is 6. The Hall–Kier alpha value is -7.06. The van der Waals surface area contributed by atoms with E-state index in [0.717, 1.165) is 61.6 Å². The largest absolute Gasteiger partial charge is 0.457 e. The zero-order valence-electron chi connectivity index (χ0n) is 37.2. The fraction of sp³-hybridized carbons (Fsp3) is 0.304. The van der Waals surface area contributed by atoms with Gasteiger partial charge in [-0.05, 0) is 68.6 Å². The molecule has 352 valence electrons. The van der Waals surface area contributed by atoms with E-state index < -0.39 is 35.3 Å². The molecule has 8 N–H and O–H groups in total. The quantitative estimate of drug-likeness (QED) is 0.0354. The Morgan fingerprint density at radius 2 is 1.08 bits per heavy atom. The summed E-state index contributed by atoms with van der Waals surface area (Å²) in [6.07, 6.45) is -9.27. The number of nitrogens with zero attached hydrogens (tertiary/aromatic N) is 4. The number of aromatic nitrogens is 2. The van der Waals surface area contributed by atoms with Crippen LogP contribution in [0.2, 0.25) is 0 Å². The topological polar surface area (TPSA) is 191 Å². The maximum absolute atomic E-state index is 13.8. The molecule has 6 rings (SSSR count). The Balaban J connectivity index is 0.000000247. The van der Waals surface area contributed by atoms with Crippen molar-refractivity contribution in [3.8, 4) is 23.0 Å². The van der Waals surface area contributed by atoms with Crippen molar-refractivity contribution in [1.29, 1.82) is 0 Å². The number of nitrogens with two attached hydrogens (primary N) is 2. The molecule has 20 heteroatoms. The van der Waals surface area contributed by atoms with Gasteiger partial charge in [0.05, 0.1) is 22.2 Å². The summed E-state index contributed by atoms with van der Waals surface area (Å²) in [5.41, 5.74) is 10.9. The summed E-state index contributed by atoms with van der Waals surface area (Å²) < 4.78 is 94.4. The number of guanidine groups is 2. The number of aliphatic imine (C=N–C) groups is 2. The number of hydrogen-bond acceptors (Lipinski definition) is 8. The van der Waals surface area contributed by atoms with Gasteiger partial charge in [-0.25, -0.2) is 0 Å². The first-order chi connectivity index (χ1) is 31.3. The van der Waals surface area contributed by atoms with E-state index in [9.17, 15) is 35.9 Å². The lowest BCUT2D eigenvalue weighted by Crippen LogP contribution is -2.36. The molecule has 6 aromatic rings. The van der Waals surface area contributed by atoms with Crippen molar-refractivity contribution >= 4 is 45.5 Å². The van der Waals surface area contributed by atoms with E-state index in [1.807, 2.05) is 52.0 Å². The predicted octanol–water partition coefficient (Wildman–Crippen LogP) is 8.99. The van der Waals surface area contributed by atoms with Crippen LogP contribution in [-0.2, 0) is 25.4 Å². The minimum Gasteiger partial charge on any atom is -0.457 e. The number of H-pyrrole nitrogens is 2. The SMILES string of the molecule is CCN(CC)Cc1ccccc1Oc1cc(C(F)(F)F)c2cc(C(=O)NC(N)=NC)[nH]c2c1.CCN(CC)Cc1ccccc1Oc1ccc(C(F)(F)F)c2cc(C(=O)NC(N)=NC)[nH]c12. The molecule has 0 fully saturated rings. The second kappa shape index (κ2) is 21.7. The first kappa shape index (κ1) is 49.9. The molecule has 0 aliphatic carbocycles. The first-order valence-corrected chi connectivity index (χ1v) is 20.8. The number of para-hydroxylation sites is 2. The van der Waals surface area contributed by atoms with Crippen LogP contribution in [0.5, 0.6) is 23.0 Å². The van der Waals surface area contributed by atoms with Crippen molar-refractivity contribution < 1.29 is 45.4 Å². The van der Waals surface area contributed by atoms with Crippen LogP contribution < -0.4 is 31.6 Å². The molecule has 2 amide bonds. The Morgan fingerprint density at radius 3 is 1.56 bits per heavy atom. The van der Waals surface area contributed by atoms with Gasteiger partial charge >= 0.3 is 12.4 Å². The van der Waals surface area contributed by atoms with Gasteiger partial charge in [0.1, 0.15) is 28.6 Å². The van der Waals surface area contributed by atoms with E-state index in [0.29, 0.717) is 24.6 Å². The fourth-order valence-electron chi connectivity index (χ4n) is 6.84. The molecular formula is C46H52F6N10O4. The second-order valence-corrected chi connectivity index (χ2v) is 14.7. The van der Waals surface area contributed by atoms with Gasteiger partial charge in [-0.3, -0.25) is 40.0 Å². The average Bonchev–Trinajstić information content (AvgIpc) is 3.94. The third kappa shape index (κ3) is 12.4. The Labute approximate surface area is 377 Å². The third-order valence-corrected chi connectivity index (χ3v) is 10.5. The summed E-state index contributed by atoms with van der Waals surface area (Å²) in [6.45, 7) is 12.7. The van der Waals surface area contributed by atoms with Crippen molar-refractivity contribution in [2.45, 2.75) is 53.1 Å². The highest BCUT2D eigenvalue weighted by Gasteiger charge is 2.36. The lowest BCUT2D eigenvalue weighted by molar-refractivity contribution is -0.137. The van der Waals surface area contributed by atoms with Gasteiger partial charge in [0.2, 0.25) is 0 Å². The molecule has 0 unspecified atom stereocenters. The zero-order chi connectivity index (χ0) is 48.3. The van der Waals surface area contributed by atoms with Crippen LogP contribution in [0.15, 0.2) is 94.9 Å². The van der Waals surface area contributed by atoms with E-state index in [4.69, 9.17) is 20.9 Å². The molecule has 0 spiro atoms. The minimum atomic E-state index is -4.65. The van der Waals surface area contributed by atoms with Gasteiger partial charge in [0.15, 0.2) is 17.7 Å². The smallest absolute Gasteiger partial charge is 0.417 e. The van der Waals surface area contributed by atoms with Gasteiger partial charge in [0, 0.05) is 55.2 Å². The maximum atomic E-state index is 13.8. The van der Waals surface area contributed by atoms with Crippen LogP contribution in [0.25, 0.3) is 21.8 Å². The Bertz CT molecular complexity index is 2700. The predicted molar refractivity (Wildman–Crippen MR) is 243 cm³/mol. The van der Waals surface area contributed by atoms with E-state index in [2.05, 4.69) is 40.4 Å². The highest BCUT2D eigenvalue weighted by atomic mass is 19.4. The van der Waals surface area contributed by atoms with Crippen LogP contribution in [0.1, 0.15) is 70.9 Å². The lowest BCUT2D eigenvalue weighted by Gasteiger charge is -2.20. The number of rotatable bonds is 14. The van der Waals surface area contributed by atoms with E-state index in [1.165, 1.54) is 26.2 Å². The van der Waals surface area contributed by atoms with Crippen molar-refractivity contribution in [2.75, 3.05) is 40.3 Å². The molecule has 0 saturated carbocycles. The highest BCUT2D eigenvalue weighted by molar-refractivity contribution is 6.08. The number of benzene rings is 4. The van der Waals surface area contributed by atoms with Crippen LogP contribution >= 0.6 is 0 Å². The summed E-state index contributed by atoms with van der Waals surface area (Å²) in [4.78, 5) is 41.8. The lowest BCUT2D eigenvalue weighted by atomic mass is 10.1. The van der Waals surface area contributed by atoms with Gasteiger partial charge in [-0.15, -0.1) is 0 Å². The monoisotopic (exact) mass is 922 g/mol. The minimum absolute atomic E-state index is 0.00487. The fourth-order valence-corrected chi connectivity index (χ4v) is 6.84. The van der Waals surface area contributed by atoms with Crippen LogP contribution in [0.3, 0.4) is 0 Å². The average molecular weight is 923 g/mol. The van der Waals surface area contributed by atoms with E-state index in [-0.39, 0.29) is 56.6 Å². The number of ether oxygens (including phenoxy) is 2. The molecular weight excluding hydrogens is 871 g/mol. The molecule has 2 heterocycles. The van der Waals surface area contributed by atoms with Crippen LogP contribution in [0.4, 0.5) is 26.3 Å². The number of fused-ring (bicyclic) bond motifs is 2. The molecule has 0 aliphatic heterocycles. The number of carbonyl (C=O) groups is 2. The maximum Gasteiger partial charge on any atom is 0.417 e. The van der Waals surface area contributed by atoms with Crippen LogP contribution in [-0.4, -0.2) is 83.8 Å². The summed E-state index contributed by atoms with van der Waals surface area (Å²) in [5.74, 6) is -0.557. The standard InChI is InChI=1S/2C23H26F3N5O2/c1-4-31(5-2)13-14-8-6-7-9-20(14)33-15-10-17(23(24,25)26)16-12-19(29-18(16)11-15)21(32)30-22(27)28-3;1-4-31(5-2)13-14-8-6-7-9-18(14)33-19-11-10-16(23(24,25)26)15-12-17(29-20(15)19)21(32)30-22(27)28-3/h2*6-12,29H,4-5,13H2,1-3H3,(H3,27,28,30,32). The zero-order valence-corrected chi connectivity index (χ0v) is 37.2. The molecule has 0 atom stereocenters. The number of carbonyl (C=O) groups excluding carboxylic acids is 2. The van der Waals surface area contributed by atoms with Crippen molar-refractivity contribution in [3.05, 3.63) is 119 Å². The molecule has 0 saturated heterocycles. The van der Waals surface area contributed by atoms with E-state index in [1.54, 1.807) is 24.3 Å². The molecule has 4 aromatic carbocycles. The first-order valence-electron chi connectivity index (χ1n) is 20.8. The normalized spacial score (nSPS) is 12.4. The second-order valence-electron chi connectivity index (χ2n) is 14.7. The summed E-state index contributed by atoms with van der Waals surface area (Å²) in [5, 5.41) is 4.27. The number of amides is 2. The van der Waals surface area contributed by atoms with E-state index >= 15 is 0 Å². The number of nitrogens with one attached hydrogen (secondary N) is 4. The molecule has 0 radical (unpaired) electrons. The molecule has 2 aromatic heterocycles. The summed E-state index contributed by atoms with van der Waals surface area (Å²) in [7, 11) is 2.76. The van der Waals surface area contributed by atoms with Gasteiger partial charge < -0.3 is 30.9 Å². The summed E-state index contributed by atoms with van der Waals surface area (Å²) >= 11 is 0. The third-order valence-electron chi connectivity index (χ3n) is 10.5. The number of alkyl halides is 6. The molecule has 66 heavy (non-hydrogen) atoms. The highest BCUT2D eigenvalue weighted by Crippen LogP contribution is 2.41. The molecule has 14 nitrogen and oxygen atoms in total. The van der Waals surface area contributed by atoms with Crippen molar-refractivity contribution in [3.63, 3.8) is 0 Å². The Morgan fingerprint density at radius 1 is 0.606 bits per heavy atom. The van der Waals surface area contributed by atoms with Crippen molar-refractivity contribution in [2.24, 2.45) is 21.5 Å². The van der Waals surface area contributed by atoms with Gasteiger partial charge in [-0.2, -0.15) is 26.3 Å². The van der Waals surface area contributed by atoms with Gasteiger partial charge in [0.25, 0.3) is 11.8 Å². The molecule has 0 aliphatic rings. The summed E-state index contributed by atoms with van der Waals surface area (Å²) in [6, 6.07) is 21.4.